The van der Waals surface area contributed by atoms with Gasteiger partial charge < -0.3 is 10.1 Å². The molecule has 0 bridgehead atoms. The largest absolute Gasteiger partial charge is 0.468 e. The predicted molar refractivity (Wildman–Crippen MR) is 84.6 cm³/mol. The Morgan fingerprint density at radius 1 is 1.33 bits per heavy atom. The Morgan fingerprint density at radius 3 is 2.71 bits per heavy atom. The monoisotopic (exact) mass is 310 g/mol. The van der Waals surface area contributed by atoms with E-state index in [9.17, 15) is 4.79 Å². The van der Waals surface area contributed by atoms with E-state index in [1.807, 2.05) is 31.2 Å². The summed E-state index contributed by atoms with van der Waals surface area (Å²) in [5, 5.41) is 4.07. The molecule has 1 aliphatic heterocycles. The Morgan fingerprint density at radius 2 is 2.05 bits per heavy atom. The lowest BCUT2D eigenvalue weighted by Gasteiger charge is -2.38. The van der Waals surface area contributed by atoms with Gasteiger partial charge in [-0.15, -0.1) is 0 Å². The molecule has 1 N–H and O–H groups in total. The average molecular weight is 311 g/mol. The maximum atomic E-state index is 12.4. The second-order valence-electron chi connectivity index (χ2n) is 5.66. The number of ether oxygens (including phenoxy) is 1. The smallest absolute Gasteiger partial charge is 0.326 e. The molecule has 1 fully saturated rings. The molecule has 1 aromatic rings. The van der Waals surface area contributed by atoms with Gasteiger partial charge in [-0.25, -0.2) is 0 Å². The quantitative estimate of drug-likeness (QED) is 0.865. The minimum Gasteiger partial charge on any atom is -0.468 e. The van der Waals surface area contributed by atoms with Gasteiger partial charge in [0.25, 0.3) is 0 Å². The van der Waals surface area contributed by atoms with Gasteiger partial charge >= 0.3 is 5.97 Å². The summed E-state index contributed by atoms with van der Waals surface area (Å²) >= 11 is 5.93. The fourth-order valence-corrected chi connectivity index (χ4v) is 3.00. The molecular formula is C16H23ClN2O2. The topological polar surface area (TPSA) is 41.6 Å². The van der Waals surface area contributed by atoms with Crippen LogP contribution in [0.1, 0.15) is 18.9 Å². The molecule has 0 aromatic heterocycles. The van der Waals surface area contributed by atoms with Crippen LogP contribution in [0.3, 0.4) is 0 Å². The summed E-state index contributed by atoms with van der Waals surface area (Å²) in [5.74, 6) is -0.181. The second-order valence-corrected chi connectivity index (χ2v) is 6.10. The third-order valence-corrected chi connectivity index (χ3v) is 4.38. The zero-order valence-corrected chi connectivity index (χ0v) is 13.4. The van der Waals surface area contributed by atoms with Gasteiger partial charge in [0.1, 0.15) is 5.54 Å². The normalized spacial score (nSPS) is 19.6. The van der Waals surface area contributed by atoms with E-state index in [4.69, 9.17) is 16.3 Å². The zero-order chi connectivity index (χ0) is 15.3. The average Bonchev–Trinajstić information content (AvgIpc) is 2.78. The summed E-state index contributed by atoms with van der Waals surface area (Å²) < 4.78 is 5.08. The first-order valence-corrected chi connectivity index (χ1v) is 7.73. The van der Waals surface area contributed by atoms with E-state index in [2.05, 4.69) is 10.2 Å². The number of halogens is 1. The molecule has 0 aliphatic carbocycles. The molecule has 1 saturated heterocycles. The lowest BCUT2D eigenvalue weighted by atomic mass is 9.90. The predicted octanol–water partition coefficient (Wildman–Crippen LogP) is 2.11. The summed E-state index contributed by atoms with van der Waals surface area (Å²) in [6.07, 6.45) is 1.66. The minimum absolute atomic E-state index is 0.181. The molecule has 0 radical (unpaired) electrons. The van der Waals surface area contributed by atoms with Crippen LogP contribution in [0.25, 0.3) is 0 Å². The van der Waals surface area contributed by atoms with Gasteiger partial charge in [0.15, 0.2) is 0 Å². The van der Waals surface area contributed by atoms with Crippen LogP contribution in [0.4, 0.5) is 0 Å². The summed E-state index contributed by atoms with van der Waals surface area (Å²) in [6.45, 7) is 5.60. The number of hydrogen-bond donors (Lipinski definition) is 1. The third-order valence-electron chi connectivity index (χ3n) is 4.12. The molecular weight excluding hydrogens is 288 g/mol. The first-order valence-electron chi connectivity index (χ1n) is 7.35. The number of carbonyl (C=O) groups is 1. The number of benzene rings is 1. The van der Waals surface area contributed by atoms with Crippen molar-refractivity contribution in [3.8, 4) is 0 Å². The zero-order valence-electron chi connectivity index (χ0n) is 12.7. The standard InChI is InChI=1S/C16H23ClN2O2/c1-16(15(20)21-2,19-10-3-8-18-9-11-19)12-13-4-6-14(17)7-5-13/h4-7,18H,3,8-12H2,1-2H3. The highest BCUT2D eigenvalue weighted by molar-refractivity contribution is 6.30. The van der Waals surface area contributed by atoms with Crippen molar-refractivity contribution in [3.63, 3.8) is 0 Å². The molecule has 116 valence electrons. The molecule has 5 heteroatoms. The number of carbonyl (C=O) groups excluding carboxylic acids is 1. The van der Waals surface area contributed by atoms with E-state index in [1.54, 1.807) is 0 Å². The highest BCUT2D eigenvalue weighted by Gasteiger charge is 2.40. The van der Waals surface area contributed by atoms with Gasteiger partial charge in [0.05, 0.1) is 7.11 Å². The highest BCUT2D eigenvalue weighted by atomic mass is 35.5. The molecule has 1 aromatic carbocycles. The number of rotatable bonds is 4. The second kappa shape index (κ2) is 7.25. The van der Waals surface area contributed by atoms with Crippen LogP contribution in [0.15, 0.2) is 24.3 Å². The number of esters is 1. The van der Waals surface area contributed by atoms with Crippen LogP contribution >= 0.6 is 11.6 Å². The van der Waals surface area contributed by atoms with Gasteiger partial charge in [-0.05, 0) is 37.6 Å². The van der Waals surface area contributed by atoms with Crippen LogP contribution in [0, 0.1) is 0 Å². The molecule has 1 heterocycles. The number of methoxy groups -OCH3 is 1. The summed E-state index contributed by atoms with van der Waals surface area (Å²) in [6, 6.07) is 7.66. The molecule has 0 spiro atoms. The lowest BCUT2D eigenvalue weighted by molar-refractivity contribution is -0.154. The molecule has 4 nitrogen and oxygen atoms in total. The highest BCUT2D eigenvalue weighted by Crippen LogP contribution is 2.24. The molecule has 2 rings (SSSR count). The fourth-order valence-electron chi connectivity index (χ4n) is 2.87. The molecule has 1 aliphatic rings. The van der Waals surface area contributed by atoms with Crippen LogP contribution in [-0.4, -0.2) is 49.7 Å². The Labute approximate surface area is 131 Å². The van der Waals surface area contributed by atoms with E-state index in [1.165, 1.54) is 7.11 Å². The number of nitrogens with zero attached hydrogens (tertiary/aromatic N) is 1. The number of hydrogen-bond acceptors (Lipinski definition) is 4. The van der Waals surface area contributed by atoms with E-state index in [-0.39, 0.29) is 5.97 Å². The maximum absolute atomic E-state index is 12.4. The minimum atomic E-state index is -0.644. The van der Waals surface area contributed by atoms with E-state index < -0.39 is 5.54 Å². The van der Waals surface area contributed by atoms with Crippen LogP contribution < -0.4 is 5.32 Å². The SMILES string of the molecule is COC(=O)C(C)(Cc1ccc(Cl)cc1)N1CCCNCC1. The maximum Gasteiger partial charge on any atom is 0.326 e. The van der Waals surface area contributed by atoms with Crippen molar-refractivity contribution in [3.05, 3.63) is 34.9 Å². The van der Waals surface area contributed by atoms with E-state index in [0.717, 1.165) is 38.2 Å². The molecule has 0 saturated carbocycles. The van der Waals surface area contributed by atoms with Crippen molar-refractivity contribution in [2.45, 2.75) is 25.3 Å². The summed E-state index contributed by atoms with van der Waals surface area (Å²) in [7, 11) is 1.46. The fraction of sp³-hybridized carbons (Fsp3) is 0.562. The number of nitrogens with one attached hydrogen (secondary N) is 1. The third kappa shape index (κ3) is 3.96. The van der Waals surface area contributed by atoms with Gasteiger partial charge in [-0.2, -0.15) is 0 Å². The first-order chi connectivity index (χ1) is 10.1. The summed E-state index contributed by atoms with van der Waals surface area (Å²) in [5.41, 5.74) is 0.443. The van der Waals surface area contributed by atoms with Crippen LogP contribution in [0.2, 0.25) is 5.02 Å². The molecule has 1 atom stereocenters. The summed E-state index contributed by atoms with van der Waals surface area (Å²) in [4.78, 5) is 14.6. The van der Waals surface area contributed by atoms with E-state index >= 15 is 0 Å². The first kappa shape index (κ1) is 16.3. The van der Waals surface area contributed by atoms with Crippen molar-refractivity contribution >= 4 is 17.6 Å². The van der Waals surface area contributed by atoms with Gasteiger partial charge in [-0.3, -0.25) is 9.69 Å². The van der Waals surface area contributed by atoms with Crippen molar-refractivity contribution < 1.29 is 9.53 Å². The van der Waals surface area contributed by atoms with Crippen LogP contribution in [0.5, 0.6) is 0 Å². The Hall–Kier alpha value is -1.10. The molecule has 1 unspecified atom stereocenters. The van der Waals surface area contributed by atoms with E-state index in [0.29, 0.717) is 11.4 Å². The Balaban J connectivity index is 2.23. The molecule has 21 heavy (non-hydrogen) atoms. The van der Waals surface area contributed by atoms with Crippen molar-refractivity contribution in [2.24, 2.45) is 0 Å². The molecule has 0 amide bonds. The Bertz CT molecular complexity index is 470. The van der Waals surface area contributed by atoms with Crippen LogP contribution in [-0.2, 0) is 16.0 Å². The van der Waals surface area contributed by atoms with Crippen molar-refractivity contribution in [1.82, 2.24) is 10.2 Å². The van der Waals surface area contributed by atoms with Gasteiger partial charge in [0.2, 0.25) is 0 Å². The van der Waals surface area contributed by atoms with Crippen molar-refractivity contribution in [1.29, 1.82) is 0 Å². The lowest BCUT2D eigenvalue weighted by Crippen LogP contribution is -2.55. The Kier molecular flexibility index (Phi) is 5.62. The van der Waals surface area contributed by atoms with Crippen molar-refractivity contribution in [2.75, 3.05) is 33.3 Å². The van der Waals surface area contributed by atoms with Gasteiger partial charge in [-0.1, -0.05) is 23.7 Å². The van der Waals surface area contributed by atoms with Gasteiger partial charge in [0, 0.05) is 31.1 Å².